The Morgan fingerprint density at radius 2 is 1.78 bits per heavy atom. The Hall–Kier alpha value is -2.93. The van der Waals surface area contributed by atoms with E-state index >= 15 is 0 Å². The standard InChI is InChI=1S/C25H21F2NO3S/c1-2-32-19-9-6-16(7-10-19)20-5-3-4-18(28-20)15-23(29)24(12-13-24)17-8-11-21-22(14-17)31-25(26,27)30-21/h3-11,14H,2,12-13,15H2,1H3. The van der Waals surface area contributed by atoms with Crippen LogP contribution in [0.25, 0.3) is 11.3 Å². The lowest BCUT2D eigenvalue weighted by Crippen LogP contribution is -2.26. The van der Waals surface area contributed by atoms with E-state index in [1.54, 1.807) is 17.8 Å². The van der Waals surface area contributed by atoms with Crippen molar-refractivity contribution in [1.29, 1.82) is 0 Å². The number of pyridine rings is 1. The van der Waals surface area contributed by atoms with Crippen LogP contribution in [0.3, 0.4) is 0 Å². The summed E-state index contributed by atoms with van der Waals surface area (Å²) in [5.41, 5.74) is 2.52. The number of carbonyl (C=O) groups excluding carboxylic acids is 1. The second kappa shape index (κ2) is 7.89. The number of ketones is 1. The quantitative estimate of drug-likeness (QED) is 0.409. The summed E-state index contributed by atoms with van der Waals surface area (Å²) in [5.74, 6) is 1.00. The number of alkyl halides is 2. The lowest BCUT2D eigenvalue weighted by atomic mass is 9.88. The second-order valence-electron chi connectivity index (χ2n) is 7.98. The van der Waals surface area contributed by atoms with Gasteiger partial charge in [0, 0.05) is 22.6 Å². The number of thioether (sulfide) groups is 1. The van der Waals surface area contributed by atoms with Gasteiger partial charge in [-0.15, -0.1) is 20.5 Å². The van der Waals surface area contributed by atoms with Gasteiger partial charge in [0.2, 0.25) is 0 Å². The number of fused-ring (bicyclic) bond motifs is 1. The number of aromatic nitrogens is 1. The van der Waals surface area contributed by atoms with Gasteiger partial charge in [0.05, 0.1) is 11.1 Å². The van der Waals surface area contributed by atoms with Gasteiger partial charge in [0.25, 0.3) is 0 Å². The zero-order valence-corrected chi connectivity index (χ0v) is 18.3. The van der Waals surface area contributed by atoms with Crippen LogP contribution < -0.4 is 9.47 Å². The van der Waals surface area contributed by atoms with Crippen LogP contribution in [-0.2, 0) is 16.6 Å². The molecule has 2 aliphatic rings. The molecule has 1 aromatic heterocycles. The molecule has 0 amide bonds. The number of halogens is 2. The van der Waals surface area contributed by atoms with Crippen LogP contribution >= 0.6 is 11.8 Å². The molecule has 164 valence electrons. The minimum absolute atomic E-state index is 0.0141. The summed E-state index contributed by atoms with van der Waals surface area (Å²) in [5, 5.41) is 0. The maximum Gasteiger partial charge on any atom is 0.586 e. The molecule has 5 rings (SSSR count). The average molecular weight is 454 g/mol. The Balaban J connectivity index is 1.34. The molecular weight excluding hydrogens is 432 g/mol. The maximum absolute atomic E-state index is 13.3. The molecule has 0 saturated heterocycles. The van der Waals surface area contributed by atoms with Gasteiger partial charge in [-0.25, -0.2) is 0 Å². The molecule has 1 fully saturated rings. The van der Waals surface area contributed by atoms with Crippen molar-refractivity contribution in [3.05, 3.63) is 71.9 Å². The molecule has 0 atom stereocenters. The Bertz CT molecular complexity index is 1180. The molecule has 32 heavy (non-hydrogen) atoms. The molecule has 0 N–H and O–H groups in total. The fraction of sp³-hybridized carbons (Fsp3) is 0.280. The number of hydrogen-bond donors (Lipinski definition) is 0. The van der Waals surface area contributed by atoms with E-state index in [2.05, 4.69) is 28.5 Å². The van der Waals surface area contributed by atoms with E-state index in [-0.39, 0.29) is 23.7 Å². The minimum Gasteiger partial charge on any atom is -0.395 e. The summed E-state index contributed by atoms with van der Waals surface area (Å²) in [7, 11) is 0. The van der Waals surface area contributed by atoms with Crippen molar-refractivity contribution in [1.82, 2.24) is 4.98 Å². The third kappa shape index (κ3) is 3.97. The summed E-state index contributed by atoms with van der Waals surface area (Å²) in [6.45, 7) is 2.12. The molecule has 3 aromatic rings. The SMILES string of the molecule is CCSc1ccc(-c2cccc(CC(=O)C3(c4ccc5c(c4)OC(F)(F)O5)CC3)n2)cc1. The van der Waals surface area contributed by atoms with Gasteiger partial charge in [-0.3, -0.25) is 9.78 Å². The Morgan fingerprint density at radius 1 is 1.03 bits per heavy atom. The first-order valence-corrected chi connectivity index (χ1v) is 11.5. The summed E-state index contributed by atoms with van der Waals surface area (Å²) >= 11 is 1.78. The fourth-order valence-electron chi connectivity index (χ4n) is 4.06. The molecular formula is C25H21F2NO3S. The molecule has 7 heteroatoms. The lowest BCUT2D eigenvalue weighted by molar-refractivity contribution is -0.286. The van der Waals surface area contributed by atoms with Gasteiger partial charge in [-0.1, -0.05) is 31.2 Å². The molecule has 0 radical (unpaired) electrons. The molecule has 1 aliphatic heterocycles. The molecule has 2 aromatic carbocycles. The van der Waals surface area contributed by atoms with Gasteiger partial charge in [-0.2, -0.15) is 0 Å². The summed E-state index contributed by atoms with van der Waals surface area (Å²) < 4.78 is 35.7. The molecule has 0 spiro atoms. The number of benzene rings is 2. The Labute approximate surface area is 189 Å². The van der Waals surface area contributed by atoms with Crippen LogP contribution in [0.15, 0.2) is 65.6 Å². The summed E-state index contributed by atoms with van der Waals surface area (Å²) in [6, 6.07) is 18.5. The van der Waals surface area contributed by atoms with Crippen molar-refractivity contribution < 1.29 is 23.0 Å². The second-order valence-corrected chi connectivity index (χ2v) is 9.32. The van der Waals surface area contributed by atoms with E-state index in [0.29, 0.717) is 24.1 Å². The highest BCUT2D eigenvalue weighted by molar-refractivity contribution is 7.99. The smallest absolute Gasteiger partial charge is 0.395 e. The van der Waals surface area contributed by atoms with Crippen molar-refractivity contribution in [3.63, 3.8) is 0 Å². The Morgan fingerprint density at radius 3 is 2.50 bits per heavy atom. The van der Waals surface area contributed by atoms with Gasteiger partial charge < -0.3 is 9.47 Å². The monoisotopic (exact) mass is 453 g/mol. The Kier molecular flexibility index (Phi) is 5.16. The number of nitrogens with zero attached hydrogens (tertiary/aromatic N) is 1. The molecule has 4 nitrogen and oxygen atoms in total. The van der Waals surface area contributed by atoms with Crippen LogP contribution in [0.5, 0.6) is 11.5 Å². The number of Topliss-reactive ketones (excluding diaryl/α,β-unsaturated/α-hetero) is 1. The van der Waals surface area contributed by atoms with E-state index in [9.17, 15) is 13.6 Å². The molecule has 0 unspecified atom stereocenters. The van der Waals surface area contributed by atoms with Crippen molar-refractivity contribution in [2.75, 3.05) is 5.75 Å². The van der Waals surface area contributed by atoms with Gasteiger partial charge in [0.1, 0.15) is 5.78 Å². The first-order chi connectivity index (χ1) is 15.4. The van der Waals surface area contributed by atoms with Crippen LogP contribution in [0, 0.1) is 0 Å². The first-order valence-electron chi connectivity index (χ1n) is 10.5. The molecule has 0 bridgehead atoms. The zero-order chi connectivity index (χ0) is 22.3. The van der Waals surface area contributed by atoms with E-state index in [1.807, 2.05) is 30.3 Å². The average Bonchev–Trinajstić information content (AvgIpc) is 3.52. The normalized spacial score (nSPS) is 17.2. The van der Waals surface area contributed by atoms with E-state index in [1.165, 1.54) is 17.0 Å². The maximum atomic E-state index is 13.3. The third-order valence-corrected chi connectivity index (χ3v) is 6.74. The largest absolute Gasteiger partial charge is 0.586 e. The minimum atomic E-state index is -3.67. The fourth-order valence-corrected chi connectivity index (χ4v) is 4.72. The van der Waals surface area contributed by atoms with Crippen LogP contribution in [-0.4, -0.2) is 22.8 Å². The first kappa shape index (κ1) is 20.9. The van der Waals surface area contributed by atoms with Crippen molar-refractivity contribution in [3.8, 4) is 22.8 Å². The van der Waals surface area contributed by atoms with Gasteiger partial charge in [-0.05, 0) is 60.6 Å². The number of rotatable bonds is 7. The zero-order valence-electron chi connectivity index (χ0n) is 17.4. The molecule has 1 aliphatic carbocycles. The molecule has 2 heterocycles. The number of carbonyl (C=O) groups is 1. The van der Waals surface area contributed by atoms with Gasteiger partial charge in [0.15, 0.2) is 11.5 Å². The van der Waals surface area contributed by atoms with E-state index in [4.69, 9.17) is 4.98 Å². The summed E-state index contributed by atoms with van der Waals surface area (Å²) in [6.07, 6.45) is -2.13. The highest BCUT2D eigenvalue weighted by Crippen LogP contribution is 2.52. The van der Waals surface area contributed by atoms with E-state index in [0.717, 1.165) is 17.0 Å². The summed E-state index contributed by atoms with van der Waals surface area (Å²) in [4.78, 5) is 19.1. The van der Waals surface area contributed by atoms with E-state index < -0.39 is 11.7 Å². The highest BCUT2D eigenvalue weighted by Gasteiger charge is 2.52. The number of hydrogen-bond acceptors (Lipinski definition) is 5. The van der Waals surface area contributed by atoms with Gasteiger partial charge >= 0.3 is 6.29 Å². The van der Waals surface area contributed by atoms with Crippen LogP contribution in [0.2, 0.25) is 0 Å². The highest BCUT2D eigenvalue weighted by atomic mass is 32.2. The third-order valence-electron chi connectivity index (χ3n) is 5.85. The van der Waals surface area contributed by atoms with Crippen molar-refractivity contribution in [2.24, 2.45) is 0 Å². The lowest BCUT2D eigenvalue weighted by Gasteiger charge is -2.15. The van der Waals surface area contributed by atoms with Crippen molar-refractivity contribution in [2.45, 2.75) is 42.8 Å². The van der Waals surface area contributed by atoms with Crippen molar-refractivity contribution >= 4 is 17.5 Å². The molecule has 1 saturated carbocycles. The topological polar surface area (TPSA) is 48.4 Å². The van der Waals surface area contributed by atoms with Crippen LogP contribution in [0.1, 0.15) is 31.0 Å². The number of ether oxygens (including phenoxy) is 2. The van der Waals surface area contributed by atoms with Crippen LogP contribution in [0.4, 0.5) is 8.78 Å². The predicted molar refractivity (Wildman–Crippen MR) is 118 cm³/mol. The predicted octanol–water partition coefficient (Wildman–Crippen LogP) is 6.03.